The number of nitrogens with one attached hydrogen (secondary N) is 1. The zero-order chi connectivity index (χ0) is 18.7. The van der Waals surface area contributed by atoms with Crippen LogP contribution < -0.4 is 5.32 Å². The molecular formula is C21H22ClN3O. The molecule has 0 bridgehead atoms. The van der Waals surface area contributed by atoms with Gasteiger partial charge in [-0.3, -0.25) is 4.79 Å². The van der Waals surface area contributed by atoms with Gasteiger partial charge in [0.2, 0.25) is 0 Å². The normalized spacial score (nSPS) is 12.2. The van der Waals surface area contributed by atoms with E-state index in [9.17, 15) is 4.79 Å². The second-order valence-electron chi connectivity index (χ2n) is 6.65. The molecule has 0 radical (unpaired) electrons. The first kappa shape index (κ1) is 18.2. The van der Waals surface area contributed by atoms with Gasteiger partial charge in [0.25, 0.3) is 5.91 Å². The van der Waals surface area contributed by atoms with Crippen molar-refractivity contribution in [2.45, 2.75) is 26.8 Å². The van der Waals surface area contributed by atoms with Gasteiger partial charge in [-0.2, -0.15) is 5.10 Å². The maximum Gasteiger partial charge on any atom is 0.270 e. The van der Waals surface area contributed by atoms with E-state index in [2.05, 4.69) is 24.3 Å². The summed E-state index contributed by atoms with van der Waals surface area (Å²) in [4.78, 5) is 12.9. The number of carbonyl (C=O) groups is 1. The third-order valence-corrected chi connectivity index (χ3v) is 4.77. The van der Waals surface area contributed by atoms with Crippen molar-refractivity contribution in [3.63, 3.8) is 0 Å². The van der Waals surface area contributed by atoms with Crippen LogP contribution in [-0.2, 0) is 0 Å². The number of benzene rings is 2. The molecule has 5 heteroatoms. The van der Waals surface area contributed by atoms with Crippen molar-refractivity contribution in [2.24, 2.45) is 5.92 Å². The van der Waals surface area contributed by atoms with E-state index in [-0.39, 0.29) is 11.9 Å². The van der Waals surface area contributed by atoms with Crippen LogP contribution in [0.1, 0.15) is 31.3 Å². The Hall–Kier alpha value is -2.59. The molecule has 3 aromatic rings. The van der Waals surface area contributed by atoms with Crippen LogP contribution in [0.15, 0.2) is 60.7 Å². The van der Waals surface area contributed by atoms with Crippen molar-refractivity contribution in [2.75, 3.05) is 0 Å². The average Bonchev–Trinajstić information content (AvgIpc) is 3.08. The maximum absolute atomic E-state index is 12.9. The number of hydrogen-bond acceptors (Lipinski definition) is 2. The van der Waals surface area contributed by atoms with Crippen molar-refractivity contribution in [3.8, 4) is 16.9 Å². The summed E-state index contributed by atoms with van der Waals surface area (Å²) in [5.74, 6) is 0.171. The van der Waals surface area contributed by atoms with Crippen LogP contribution in [-0.4, -0.2) is 21.7 Å². The van der Waals surface area contributed by atoms with Crippen LogP contribution in [0.4, 0.5) is 0 Å². The molecule has 0 spiro atoms. The van der Waals surface area contributed by atoms with E-state index in [1.54, 1.807) is 16.8 Å². The molecule has 0 aliphatic carbocycles. The van der Waals surface area contributed by atoms with Crippen molar-refractivity contribution < 1.29 is 4.79 Å². The Bertz CT molecular complexity index is 903. The Kier molecular flexibility index (Phi) is 5.43. The van der Waals surface area contributed by atoms with Crippen LogP contribution in [0.25, 0.3) is 16.9 Å². The zero-order valence-corrected chi connectivity index (χ0v) is 15.9. The molecule has 0 aliphatic heterocycles. The third-order valence-electron chi connectivity index (χ3n) is 4.45. The SMILES string of the molecule is CC(C)[C@@H](C)NC(=O)c1cc(-c2ccccc2)nn1-c1ccccc1Cl. The lowest BCUT2D eigenvalue weighted by Crippen LogP contribution is -2.37. The maximum atomic E-state index is 12.9. The molecule has 4 nitrogen and oxygen atoms in total. The molecule has 26 heavy (non-hydrogen) atoms. The number of halogens is 1. The molecule has 0 unspecified atom stereocenters. The number of nitrogens with zero attached hydrogens (tertiary/aromatic N) is 2. The molecule has 0 fully saturated rings. The van der Waals surface area contributed by atoms with Crippen molar-refractivity contribution in [1.82, 2.24) is 15.1 Å². The van der Waals surface area contributed by atoms with Crippen LogP contribution >= 0.6 is 11.6 Å². The molecule has 1 heterocycles. The van der Waals surface area contributed by atoms with E-state index in [1.165, 1.54) is 0 Å². The summed E-state index contributed by atoms with van der Waals surface area (Å²) in [7, 11) is 0. The van der Waals surface area contributed by atoms with Crippen molar-refractivity contribution in [1.29, 1.82) is 0 Å². The number of amides is 1. The van der Waals surface area contributed by atoms with E-state index in [1.807, 2.05) is 55.5 Å². The summed E-state index contributed by atoms with van der Waals surface area (Å²) < 4.78 is 1.62. The van der Waals surface area contributed by atoms with E-state index in [0.717, 1.165) is 11.3 Å². The van der Waals surface area contributed by atoms with Gasteiger partial charge in [-0.25, -0.2) is 4.68 Å². The minimum Gasteiger partial charge on any atom is -0.348 e. The summed E-state index contributed by atoms with van der Waals surface area (Å²) in [6, 6.07) is 19.0. The van der Waals surface area contributed by atoms with E-state index in [4.69, 9.17) is 11.6 Å². The highest BCUT2D eigenvalue weighted by atomic mass is 35.5. The molecular weight excluding hydrogens is 346 g/mol. The molecule has 0 saturated heterocycles. The minimum absolute atomic E-state index is 0.0530. The van der Waals surface area contributed by atoms with Gasteiger partial charge in [0.1, 0.15) is 5.69 Å². The number of aromatic nitrogens is 2. The quantitative estimate of drug-likeness (QED) is 0.692. The number of carbonyl (C=O) groups excluding carboxylic acids is 1. The van der Waals surface area contributed by atoms with Crippen LogP contribution in [0.5, 0.6) is 0 Å². The molecule has 0 aliphatic rings. The second kappa shape index (κ2) is 7.75. The molecule has 134 valence electrons. The first-order valence-corrected chi connectivity index (χ1v) is 9.06. The van der Waals surface area contributed by atoms with Gasteiger partial charge in [-0.15, -0.1) is 0 Å². The fraction of sp³-hybridized carbons (Fsp3) is 0.238. The number of para-hydroxylation sites is 1. The smallest absolute Gasteiger partial charge is 0.270 e. The molecule has 1 N–H and O–H groups in total. The molecule has 1 aromatic heterocycles. The number of rotatable bonds is 5. The average molecular weight is 368 g/mol. The molecule has 2 aromatic carbocycles. The van der Waals surface area contributed by atoms with Crippen molar-refractivity contribution in [3.05, 3.63) is 71.4 Å². The van der Waals surface area contributed by atoms with E-state index in [0.29, 0.717) is 22.3 Å². The molecule has 1 amide bonds. The van der Waals surface area contributed by atoms with Gasteiger partial charge >= 0.3 is 0 Å². The standard InChI is InChI=1S/C21H22ClN3O/c1-14(2)15(3)23-21(26)20-13-18(16-9-5-4-6-10-16)24-25(20)19-12-8-7-11-17(19)22/h4-15H,1-3H3,(H,23,26)/t15-/m1/s1. The van der Waals surface area contributed by atoms with Crippen LogP contribution in [0.3, 0.4) is 0 Å². The Morgan fingerprint density at radius 3 is 2.35 bits per heavy atom. The lowest BCUT2D eigenvalue weighted by molar-refractivity contribution is 0.0922. The highest BCUT2D eigenvalue weighted by Gasteiger charge is 2.21. The van der Waals surface area contributed by atoms with Crippen LogP contribution in [0, 0.1) is 5.92 Å². The molecule has 1 atom stereocenters. The summed E-state index contributed by atoms with van der Waals surface area (Å²) in [5, 5.41) is 8.25. The van der Waals surface area contributed by atoms with Gasteiger partial charge in [-0.1, -0.05) is 67.9 Å². The summed E-state index contributed by atoms with van der Waals surface area (Å²) in [6.45, 7) is 6.15. The lowest BCUT2D eigenvalue weighted by atomic mass is 10.1. The van der Waals surface area contributed by atoms with E-state index >= 15 is 0 Å². The predicted molar refractivity (Wildman–Crippen MR) is 106 cm³/mol. The van der Waals surface area contributed by atoms with Crippen molar-refractivity contribution >= 4 is 17.5 Å². The molecule has 0 saturated carbocycles. The Labute approximate surface area is 158 Å². The highest BCUT2D eigenvalue weighted by molar-refractivity contribution is 6.32. The fourth-order valence-electron chi connectivity index (χ4n) is 2.55. The molecule has 3 rings (SSSR count). The number of hydrogen-bond donors (Lipinski definition) is 1. The summed E-state index contributed by atoms with van der Waals surface area (Å²) in [6.07, 6.45) is 0. The predicted octanol–water partition coefficient (Wildman–Crippen LogP) is 4.97. The monoisotopic (exact) mass is 367 g/mol. The topological polar surface area (TPSA) is 46.9 Å². The lowest BCUT2D eigenvalue weighted by Gasteiger charge is -2.17. The third kappa shape index (κ3) is 3.81. The first-order valence-electron chi connectivity index (χ1n) is 8.68. The van der Waals surface area contributed by atoms with Gasteiger partial charge in [0.05, 0.1) is 16.4 Å². The largest absolute Gasteiger partial charge is 0.348 e. The minimum atomic E-state index is -0.166. The Morgan fingerprint density at radius 1 is 1.04 bits per heavy atom. The van der Waals surface area contributed by atoms with Crippen LogP contribution in [0.2, 0.25) is 5.02 Å². The van der Waals surface area contributed by atoms with E-state index < -0.39 is 0 Å². The summed E-state index contributed by atoms with van der Waals surface area (Å²) in [5.41, 5.74) is 2.82. The Morgan fingerprint density at radius 2 is 1.69 bits per heavy atom. The van der Waals surface area contributed by atoms with Gasteiger partial charge in [0, 0.05) is 11.6 Å². The Balaban J connectivity index is 2.08. The van der Waals surface area contributed by atoms with Gasteiger partial charge in [0.15, 0.2) is 0 Å². The second-order valence-corrected chi connectivity index (χ2v) is 7.06. The van der Waals surface area contributed by atoms with Gasteiger partial charge in [-0.05, 0) is 31.0 Å². The summed E-state index contributed by atoms with van der Waals surface area (Å²) >= 11 is 6.35. The first-order chi connectivity index (χ1) is 12.5. The fourth-order valence-corrected chi connectivity index (χ4v) is 2.76. The van der Waals surface area contributed by atoms with Gasteiger partial charge < -0.3 is 5.32 Å². The zero-order valence-electron chi connectivity index (χ0n) is 15.1. The highest BCUT2D eigenvalue weighted by Crippen LogP contribution is 2.25.